The lowest BCUT2D eigenvalue weighted by atomic mass is 10.00. The predicted octanol–water partition coefficient (Wildman–Crippen LogP) is 4.13. The summed E-state index contributed by atoms with van der Waals surface area (Å²) in [6, 6.07) is 21.1. The van der Waals surface area contributed by atoms with Crippen LogP contribution in [-0.2, 0) is 6.42 Å². The van der Waals surface area contributed by atoms with Crippen LogP contribution >= 0.6 is 12.4 Å². The highest BCUT2D eigenvalue weighted by Crippen LogP contribution is 2.16. The van der Waals surface area contributed by atoms with Crippen LogP contribution in [0.15, 0.2) is 60.7 Å². The van der Waals surface area contributed by atoms with E-state index in [1.807, 2.05) is 18.2 Å². The van der Waals surface area contributed by atoms with E-state index in [4.69, 9.17) is 5.73 Å². The molecule has 0 aromatic heterocycles. The largest absolute Gasteiger partial charge is 0.324 e. The van der Waals surface area contributed by atoms with Crippen LogP contribution in [0, 0.1) is 0 Å². The second kappa shape index (κ2) is 7.91. The number of hydrogen-bond acceptors (Lipinski definition) is 1. The van der Waals surface area contributed by atoms with Gasteiger partial charge in [-0.05, 0) is 30.4 Å². The van der Waals surface area contributed by atoms with Crippen molar-refractivity contribution in [3.8, 4) is 0 Å². The Hall–Kier alpha value is -1.31. The molecule has 0 radical (unpaired) electrons. The van der Waals surface area contributed by atoms with Crippen molar-refractivity contribution in [1.29, 1.82) is 0 Å². The molecule has 18 heavy (non-hydrogen) atoms. The molecule has 2 heteroatoms. The molecule has 2 N–H and O–H groups in total. The van der Waals surface area contributed by atoms with Crippen LogP contribution in [0.1, 0.15) is 30.0 Å². The van der Waals surface area contributed by atoms with Crippen molar-refractivity contribution >= 4 is 12.4 Å². The summed E-state index contributed by atoms with van der Waals surface area (Å²) in [7, 11) is 0. The molecule has 0 fully saturated rings. The second-order valence-electron chi connectivity index (χ2n) is 4.40. The molecule has 1 nitrogen and oxygen atoms in total. The SMILES string of the molecule is Cl.NC(CCCc1ccccc1)c1ccccc1. The van der Waals surface area contributed by atoms with Gasteiger partial charge in [-0.15, -0.1) is 12.4 Å². The normalized spacial score (nSPS) is 11.6. The quantitative estimate of drug-likeness (QED) is 0.860. The van der Waals surface area contributed by atoms with Crippen molar-refractivity contribution in [2.75, 3.05) is 0 Å². The minimum absolute atomic E-state index is 0. The molecular formula is C16H20ClN. The van der Waals surface area contributed by atoms with Crippen LogP contribution < -0.4 is 5.73 Å². The summed E-state index contributed by atoms with van der Waals surface area (Å²) in [5.74, 6) is 0. The van der Waals surface area contributed by atoms with Crippen LogP contribution in [0.5, 0.6) is 0 Å². The van der Waals surface area contributed by atoms with Gasteiger partial charge in [0.1, 0.15) is 0 Å². The Morgan fingerprint density at radius 3 is 2.00 bits per heavy atom. The summed E-state index contributed by atoms with van der Waals surface area (Å²) >= 11 is 0. The average molecular weight is 262 g/mol. The molecule has 0 saturated carbocycles. The Morgan fingerprint density at radius 2 is 1.39 bits per heavy atom. The molecule has 0 aliphatic carbocycles. The topological polar surface area (TPSA) is 26.0 Å². The smallest absolute Gasteiger partial charge is 0.0294 e. The lowest BCUT2D eigenvalue weighted by Gasteiger charge is -2.11. The number of benzene rings is 2. The zero-order chi connectivity index (χ0) is 11.9. The number of nitrogens with two attached hydrogens (primary N) is 1. The van der Waals surface area contributed by atoms with Gasteiger partial charge in [-0.25, -0.2) is 0 Å². The summed E-state index contributed by atoms with van der Waals surface area (Å²) in [6.07, 6.45) is 3.29. The molecule has 0 spiro atoms. The van der Waals surface area contributed by atoms with Crippen molar-refractivity contribution in [1.82, 2.24) is 0 Å². The van der Waals surface area contributed by atoms with Gasteiger partial charge in [0.25, 0.3) is 0 Å². The second-order valence-corrected chi connectivity index (χ2v) is 4.40. The lowest BCUT2D eigenvalue weighted by molar-refractivity contribution is 0.611. The molecule has 0 bridgehead atoms. The minimum atomic E-state index is 0. The summed E-state index contributed by atoms with van der Waals surface area (Å²) in [5.41, 5.74) is 8.79. The zero-order valence-corrected chi connectivity index (χ0v) is 11.3. The Balaban J connectivity index is 0.00000162. The lowest BCUT2D eigenvalue weighted by Crippen LogP contribution is -2.10. The van der Waals surface area contributed by atoms with E-state index < -0.39 is 0 Å². The zero-order valence-electron chi connectivity index (χ0n) is 10.5. The van der Waals surface area contributed by atoms with E-state index in [1.54, 1.807) is 0 Å². The van der Waals surface area contributed by atoms with E-state index in [9.17, 15) is 0 Å². The van der Waals surface area contributed by atoms with E-state index >= 15 is 0 Å². The number of halogens is 1. The highest BCUT2D eigenvalue weighted by Gasteiger charge is 2.04. The van der Waals surface area contributed by atoms with Gasteiger partial charge in [0.05, 0.1) is 0 Å². The van der Waals surface area contributed by atoms with Gasteiger partial charge in [-0.2, -0.15) is 0 Å². The standard InChI is InChI=1S/C16H19N.ClH/c17-16(15-11-5-2-6-12-15)13-7-10-14-8-3-1-4-9-14;/h1-6,8-9,11-12,16H,7,10,13,17H2;1H. The van der Waals surface area contributed by atoms with Crippen LogP contribution in [0.4, 0.5) is 0 Å². The van der Waals surface area contributed by atoms with Crippen molar-refractivity contribution in [3.63, 3.8) is 0 Å². The van der Waals surface area contributed by atoms with Gasteiger partial charge < -0.3 is 5.73 Å². The maximum Gasteiger partial charge on any atom is 0.0294 e. The molecule has 0 saturated heterocycles. The van der Waals surface area contributed by atoms with E-state index in [1.165, 1.54) is 11.1 Å². The van der Waals surface area contributed by atoms with E-state index in [-0.39, 0.29) is 18.4 Å². The molecule has 2 aromatic rings. The predicted molar refractivity (Wildman–Crippen MR) is 80.0 cm³/mol. The van der Waals surface area contributed by atoms with Gasteiger partial charge in [-0.3, -0.25) is 0 Å². The van der Waals surface area contributed by atoms with Gasteiger partial charge >= 0.3 is 0 Å². The van der Waals surface area contributed by atoms with Crippen molar-refractivity contribution in [2.24, 2.45) is 5.73 Å². The fourth-order valence-electron chi connectivity index (χ4n) is 2.04. The van der Waals surface area contributed by atoms with Crippen molar-refractivity contribution < 1.29 is 0 Å². The molecule has 0 heterocycles. The van der Waals surface area contributed by atoms with E-state index in [0.29, 0.717) is 0 Å². The monoisotopic (exact) mass is 261 g/mol. The first-order valence-corrected chi connectivity index (χ1v) is 6.21. The van der Waals surface area contributed by atoms with Crippen LogP contribution in [0.2, 0.25) is 0 Å². The van der Waals surface area contributed by atoms with Gasteiger partial charge in [0.15, 0.2) is 0 Å². The fourth-order valence-corrected chi connectivity index (χ4v) is 2.04. The summed E-state index contributed by atoms with van der Waals surface area (Å²) in [6.45, 7) is 0. The first-order chi connectivity index (χ1) is 8.36. The summed E-state index contributed by atoms with van der Waals surface area (Å²) < 4.78 is 0. The summed E-state index contributed by atoms with van der Waals surface area (Å²) in [5, 5.41) is 0. The first-order valence-electron chi connectivity index (χ1n) is 6.21. The number of aryl methyl sites for hydroxylation is 1. The van der Waals surface area contributed by atoms with E-state index in [0.717, 1.165) is 19.3 Å². The van der Waals surface area contributed by atoms with Crippen molar-refractivity contribution in [2.45, 2.75) is 25.3 Å². The third-order valence-electron chi connectivity index (χ3n) is 3.05. The molecule has 0 aliphatic rings. The molecule has 1 atom stereocenters. The van der Waals surface area contributed by atoms with E-state index in [2.05, 4.69) is 42.5 Å². The molecular weight excluding hydrogens is 242 g/mol. The van der Waals surface area contributed by atoms with Gasteiger partial charge in [0, 0.05) is 6.04 Å². The van der Waals surface area contributed by atoms with Gasteiger partial charge in [-0.1, -0.05) is 60.7 Å². The Labute approximate surface area is 115 Å². The molecule has 2 aromatic carbocycles. The molecule has 1 unspecified atom stereocenters. The highest BCUT2D eigenvalue weighted by molar-refractivity contribution is 5.85. The minimum Gasteiger partial charge on any atom is -0.324 e. The Bertz CT molecular complexity index is 427. The molecule has 96 valence electrons. The maximum atomic E-state index is 6.16. The number of rotatable bonds is 5. The molecule has 2 rings (SSSR count). The Kier molecular flexibility index (Phi) is 6.48. The first kappa shape index (κ1) is 14.7. The molecule has 0 amide bonds. The third kappa shape index (κ3) is 4.52. The molecule has 0 aliphatic heterocycles. The summed E-state index contributed by atoms with van der Waals surface area (Å²) in [4.78, 5) is 0. The van der Waals surface area contributed by atoms with Crippen LogP contribution in [0.25, 0.3) is 0 Å². The average Bonchev–Trinajstić information content (AvgIpc) is 2.41. The highest BCUT2D eigenvalue weighted by atomic mass is 35.5. The van der Waals surface area contributed by atoms with Crippen molar-refractivity contribution in [3.05, 3.63) is 71.8 Å². The Morgan fingerprint density at radius 1 is 0.833 bits per heavy atom. The third-order valence-corrected chi connectivity index (χ3v) is 3.05. The van der Waals surface area contributed by atoms with Crippen LogP contribution in [0.3, 0.4) is 0 Å². The van der Waals surface area contributed by atoms with Crippen LogP contribution in [-0.4, -0.2) is 0 Å². The maximum absolute atomic E-state index is 6.16. The fraction of sp³-hybridized carbons (Fsp3) is 0.250. The number of hydrogen-bond donors (Lipinski definition) is 1. The van der Waals surface area contributed by atoms with Gasteiger partial charge in [0.2, 0.25) is 0 Å².